The third kappa shape index (κ3) is 4.24. The van der Waals surface area contributed by atoms with Crippen molar-refractivity contribution in [2.75, 3.05) is 6.79 Å². The van der Waals surface area contributed by atoms with Crippen molar-refractivity contribution in [3.8, 4) is 17.2 Å². The Morgan fingerprint density at radius 1 is 1.12 bits per heavy atom. The molecule has 5 heteroatoms. The van der Waals surface area contributed by atoms with E-state index in [1.165, 1.54) is 0 Å². The molecule has 0 aromatic heterocycles. The summed E-state index contributed by atoms with van der Waals surface area (Å²) >= 11 is 0. The van der Waals surface area contributed by atoms with Crippen LogP contribution in [0.5, 0.6) is 17.2 Å². The van der Waals surface area contributed by atoms with Gasteiger partial charge in [-0.05, 0) is 61.2 Å². The molecule has 0 unspecified atom stereocenters. The first kappa shape index (κ1) is 17.1. The molecule has 0 saturated carbocycles. The second-order valence-electron chi connectivity index (χ2n) is 6.24. The van der Waals surface area contributed by atoms with Crippen molar-refractivity contribution in [1.82, 2.24) is 5.32 Å². The van der Waals surface area contributed by atoms with Crippen LogP contribution in [0.15, 0.2) is 36.4 Å². The molecular formula is C20H23NO4. The Hall–Kier alpha value is -2.69. The largest absolute Gasteiger partial charge is 0.481 e. The van der Waals surface area contributed by atoms with Gasteiger partial charge in [0, 0.05) is 6.54 Å². The van der Waals surface area contributed by atoms with E-state index in [9.17, 15) is 4.79 Å². The zero-order valence-corrected chi connectivity index (χ0v) is 14.8. The van der Waals surface area contributed by atoms with Gasteiger partial charge in [-0.15, -0.1) is 0 Å². The fourth-order valence-electron chi connectivity index (χ4n) is 2.84. The molecule has 0 aliphatic carbocycles. The van der Waals surface area contributed by atoms with E-state index < -0.39 is 6.10 Å². The van der Waals surface area contributed by atoms with Crippen LogP contribution in [0.1, 0.15) is 30.0 Å². The van der Waals surface area contributed by atoms with Crippen molar-refractivity contribution < 1.29 is 19.0 Å². The van der Waals surface area contributed by atoms with Gasteiger partial charge in [0.15, 0.2) is 17.6 Å². The molecule has 1 atom stereocenters. The lowest BCUT2D eigenvalue weighted by Gasteiger charge is -2.18. The van der Waals surface area contributed by atoms with Gasteiger partial charge in [0.1, 0.15) is 5.75 Å². The second kappa shape index (κ2) is 7.47. The number of amides is 1. The van der Waals surface area contributed by atoms with E-state index in [-0.39, 0.29) is 12.7 Å². The summed E-state index contributed by atoms with van der Waals surface area (Å²) in [6.45, 7) is 6.63. The first-order chi connectivity index (χ1) is 12.0. The summed E-state index contributed by atoms with van der Waals surface area (Å²) in [7, 11) is 0. The van der Waals surface area contributed by atoms with Gasteiger partial charge in [0.2, 0.25) is 6.79 Å². The Balaban J connectivity index is 1.60. The van der Waals surface area contributed by atoms with Gasteiger partial charge < -0.3 is 19.5 Å². The fraction of sp³-hybridized carbons (Fsp3) is 0.350. The zero-order valence-electron chi connectivity index (χ0n) is 14.8. The SMILES string of the molecule is CC[C@@H](Oc1cc(C)cc(C)c1)C(=O)NCc1ccc2c(c1)OCO2. The van der Waals surface area contributed by atoms with E-state index in [1.54, 1.807) is 0 Å². The lowest BCUT2D eigenvalue weighted by Crippen LogP contribution is -2.37. The number of fused-ring (bicyclic) bond motifs is 1. The Bertz CT molecular complexity index is 752. The minimum absolute atomic E-state index is 0.126. The maximum atomic E-state index is 12.5. The van der Waals surface area contributed by atoms with Gasteiger partial charge in [-0.1, -0.05) is 19.1 Å². The number of nitrogens with one attached hydrogen (secondary N) is 1. The van der Waals surface area contributed by atoms with Crippen LogP contribution >= 0.6 is 0 Å². The third-order valence-electron chi connectivity index (χ3n) is 4.04. The van der Waals surface area contributed by atoms with Crippen LogP contribution in [0.4, 0.5) is 0 Å². The van der Waals surface area contributed by atoms with E-state index in [1.807, 2.05) is 51.1 Å². The van der Waals surface area contributed by atoms with E-state index in [4.69, 9.17) is 14.2 Å². The van der Waals surface area contributed by atoms with Gasteiger partial charge in [0.05, 0.1) is 0 Å². The monoisotopic (exact) mass is 341 g/mol. The van der Waals surface area contributed by atoms with E-state index in [0.29, 0.717) is 18.7 Å². The van der Waals surface area contributed by atoms with E-state index in [2.05, 4.69) is 11.4 Å². The topological polar surface area (TPSA) is 56.8 Å². The maximum Gasteiger partial charge on any atom is 0.261 e. The van der Waals surface area contributed by atoms with Crippen LogP contribution in [0.2, 0.25) is 0 Å². The second-order valence-corrected chi connectivity index (χ2v) is 6.24. The van der Waals surface area contributed by atoms with Crippen LogP contribution < -0.4 is 19.5 Å². The Kier molecular flexibility index (Phi) is 5.12. The number of carbonyl (C=O) groups is 1. The number of aryl methyl sites for hydroxylation is 2. The molecule has 2 aromatic carbocycles. The van der Waals surface area contributed by atoms with Crippen LogP contribution in [0, 0.1) is 13.8 Å². The molecule has 0 spiro atoms. The normalized spacial score (nSPS) is 13.4. The standard InChI is InChI=1S/C20H23NO4/c1-4-17(25-16-8-13(2)7-14(3)9-16)20(22)21-11-15-5-6-18-19(10-15)24-12-23-18/h5-10,17H,4,11-12H2,1-3H3,(H,21,22)/t17-/m1/s1. The number of benzene rings is 2. The smallest absolute Gasteiger partial charge is 0.261 e. The van der Waals surface area contributed by atoms with Crippen molar-refractivity contribution >= 4 is 5.91 Å². The number of carbonyl (C=O) groups excluding carboxylic acids is 1. The highest BCUT2D eigenvalue weighted by Gasteiger charge is 2.19. The Morgan fingerprint density at radius 3 is 2.56 bits per heavy atom. The number of rotatable bonds is 6. The molecule has 0 fully saturated rings. The van der Waals surface area contributed by atoms with Gasteiger partial charge >= 0.3 is 0 Å². The van der Waals surface area contributed by atoms with Crippen LogP contribution in [-0.4, -0.2) is 18.8 Å². The first-order valence-electron chi connectivity index (χ1n) is 8.46. The van der Waals surface area contributed by atoms with Crippen molar-refractivity contribution in [3.05, 3.63) is 53.1 Å². The highest BCUT2D eigenvalue weighted by atomic mass is 16.7. The van der Waals surface area contributed by atoms with E-state index >= 15 is 0 Å². The Morgan fingerprint density at radius 2 is 1.84 bits per heavy atom. The van der Waals surface area contributed by atoms with Crippen molar-refractivity contribution in [2.24, 2.45) is 0 Å². The third-order valence-corrected chi connectivity index (χ3v) is 4.04. The van der Waals surface area contributed by atoms with Gasteiger partial charge in [-0.2, -0.15) is 0 Å². The Labute approximate surface area is 147 Å². The number of hydrogen-bond donors (Lipinski definition) is 1. The van der Waals surface area contributed by atoms with Crippen molar-refractivity contribution in [2.45, 2.75) is 39.8 Å². The molecule has 132 valence electrons. The summed E-state index contributed by atoms with van der Waals surface area (Å²) in [6.07, 6.45) is 0.0789. The average Bonchev–Trinajstić information content (AvgIpc) is 3.04. The summed E-state index contributed by atoms with van der Waals surface area (Å²) in [5.41, 5.74) is 3.19. The lowest BCUT2D eigenvalue weighted by atomic mass is 10.1. The maximum absolute atomic E-state index is 12.5. The minimum atomic E-state index is -0.518. The molecule has 1 aliphatic rings. The highest BCUT2D eigenvalue weighted by Crippen LogP contribution is 2.32. The highest BCUT2D eigenvalue weighted by molar-refractivity contribution is 5.81. The first-order valence-corrected chi connectivity index (χ1v) is 8.46. The summed E-state index contributed by atoms with van der Waals surface area (Å²) in [6, 6.07) is 11.6. The van der Waals surface area contributed by atoms with Crippen LogP contribution in [0.25, 0.3) is 0 Å². The van der Waals surface area contributed by atoms with Gasteiger partial charge in [-0.3, -0.25) is 4.79 Å². The van der Waals surface area contributed by atoms with Crippen LogP contribution in [-0.2, 0) is 11.3 Å². The molecule has 1 amide bonds. The average molecular weight is 341 g/mol. The molecule has 0 radical (unpaired) electrons. The predicted octanol–water partition coefficient (Wildman–Crippen LogP) is 3.51. The predicted molar refractivity (Wildman–Crippen MR) is 95.0 cm³/mol. The summed E-state index contributed by atoms with van der Waals surface area (Å²) in [5.74, 6) is 2.05. The fourth-order valence-corrected chi connectivity index (χ4v) is 2.84. The minimum Gasteiger partial charge on any atom is -0.481 e. The van der Waals surface area contributed by atoms with Crippen LogP contribution in [0.3, 0.4) is 0 Å². The lowest BCUT2D eigenvalue weighted by molar-refractivity contribution is -0.128. The molecule has 0 bridgehead atoms. The molecule has 2 aromatic rings. The summed E-state index contributed by atoms with van der Waals surface area (Å²) in [4.78, 5) is 12.5. The molecule has 3 rings (SSSR count). The molecule has 1 N–H and O–H groups in total. The molecule has 25 heavy (non-hydrogen) atoms. The quantitative estimate of drug-likeness (QED) is 0.874. The molecule has 1 heterocycles. The number of hydrogen-bond acceptors (Lipinski definition) is 4. The van der Waals surface area contributed by atoms with Crippen molar-refractivity contribution in [3.63, 3.8) is 0 Å². The summed E-state index contributed by atoms with van der Waals surface area (Å²) in [5, 5.41) is 2.93. The summed E-state index contributed by atoms with van der Waals surface area (Å²) < 4.78 is 16.5. The molecule has 0 saturated heterocycles. The molecule has 1 aliphatic heterocycles. The van der Waals surface area contributed by atoms with Gasteiger partial charge in [0.25, 0.3) is 5.91 Å². The molecular weight excluding hydrogens is 318 g/mol. The molecule has 5 nitrogen and oxygen atoms in total. The number of ether oxygens (including phenoxy) is 3. The zero-order chi connectivity index (χ0) is 17.8. The van der Waals surface area contributed by atoms with Gasteiger partial charge in [-0.25, -0.2) is 0 Å². The van der Waals surface area contributed by atoms with E-state index in [0.717, 1.165) is 28.2 Å². The van der Waals surface area contributed by atoms with Crippen molar-refractivity contribution in [1.29, 1.82) is 0 Å².